The zero-order valence-electron chi connectivity index (χ0n) is 65.1. The van der Waals surface area contributed by atoms with Crippen molar-refractivity contribution in [2.75, 3.05) is 28.4 Å². The molecule has 0 saturated carbocycles. The van der Waals surface area contributed by atoms with E-state index in [1.807, 2.05) is 241 Å². The maximum Gasteiger partial charge on any atom is 0.512 e. The average Bonchev–Trinajstić information content (AvgIpc) is 0.704. The zero-order valence-corrected chi connectivity index (χ0v) is 73.1. The average molecular weight is 1610 g/mol. The van der Waals surface area contributed by atoms with Gasteiger partial charge in [-0.25, -0.2) is 0 Å². The Balaban J connectivity index is 1.08. The topological polar surface area (TPSA) is 111 Å². The molecule has 12 aromatic carbocycles. The molecule has 12 nitrogen and oxygen atoms in total. The highest BCUT2D eigenvalue weighted by Crippen LogP contribution is 2.40. The van der Waals surface area contributed by atoms with Crippen LogP contribution < -0.4 is 39.7 Å². The van der Waals surface area contributed by atoms with Crippen LogP contribution in [-0.2, 0) is 32.9 Å². The third kappa shape index (κ3) is 17.7. The van der Waals surface area contributed by atoms with Gasteiger partial charge in [-0.1, -0.05) is 167 Å². The van der Waals surface area contributed by atoms with Gasteiger partial charge < -0.3 is 51.9 Å². The lowest BCUT2D eigenvalue weighted by Gasteiger charge is -2.53. The maximum atomic E-state index is 8.58. The first-order valence-electron chi connectivity index (χ1n) is 36.7. The monoisotopic (exact) mass is 1610 g/mol. The lowest BCUT2D eigenvalue weighted by atomic mass is 10.0. The van der Waals surface area contributed by atoms with Crippen molar-refractivity contribution >= 4 is 132 Å². The van der Waals surface area contributed by atoms with Gasteiger partial charge in [0, 0.05) is 65.3 Å². The summed E-state index contributed by atoms with van der Waals surface area (Å²) in [6.07, 6.45) is 0. The SMILES string of the molecule is C=C[Si](C)(C)O[Si]1(c2ccc(C#Cc3cccc4cc(OC)ccc34)cc2)O[Si](O[Si](C)(C)C=C)(c2ccc(C#Cc3cccc4cc(OC)ccc34)cc2)O[Si](O[Si](C)(C)C=C)(c2ccc(C#Cc3cccc4cc(OC)ccc34)cc2)O[Si](O[Si](C)(C)C=C)(c2ccc(C#Cc3cccc4cc(OC)ccc34)cc2)O1. The molecule has 20 heteroatoms. The van der Waals surface area contributed by atoms with E-state index in [4.69, 9.17) is 51.9 Å². The summed E-state index contributed by atoms with van der Waals surface area (Å²) in [6.45, 7) is 34.3. The third-order valence-corrected chi connectivity index (χ3v) is 48.7. The summed E-state index contributed by atoms with van der Waals surface area (Å²) in [5, 5.41) is 10.1. The quantitative estimate of drug-likeness (QED) is 0.0535. The number of methoxy groups -OCH3 is 4. The molecule has 0 N–H and O–H groups in total. The van der Waals surface area contributed by atoms with Crippen molar-refractivity contribution in [1.82, 2.24) is 0 Å². The fourth-order valence-corrected chi connectivity index (χ4v) is 45.3. The van der Waals surface area contributed by atoms with Crippen molar-refractivity contribution in [1.29, 1.82) is 0 Å². The Hall–Kier alpha value is -10.5. The molecule has 0 radical (unpaired) electrons. The van der Waals surface area contributed by atoms with E-state index in [0.717, 1.165) is 88.3 Å². The summed E-state index contributed by atoms with van der Waals surface area (Å²) < 4.78 is 88.9. The summed E-state index contributed by atoms with van der Waals surface area (Å²) in [7, 11) is -26.1. The van der Waals surface area contributed by atoms with Crippen LogP contribution in [-0.4, -0.2) is 96.9 Å². The number of ether oxygens (including phenoxy) is 4. The number of hydrogen-bond acceptors (Lipinski definition) is 12. The molecule has 1 aliphatic rings. The predicted molar refractivity (Wildman–Crippen MR) is 473 cm³/mol. The predicted octanol–water partition coefficient (Wildman–Crippen LogP) is 17.5. The van der Waals surface area contributed by atoms with Crippen LogP contribution in [0.1, 0.15) is 44.5 Å². The van der Waals surface area contributed by atoms with Crippen molar-refractivity contribution in [2.45, 2.75) is 52.4 Å². The van der Waals surface area contributed by atoms with E-state index in [0.29, 0.717) is 43.0 Å². The second-order valence-corrected chi connectivity index (χ2v) is 56.9. The summed E-state index contributed by atoms with van der Waals surface area (Å²) in [4.78, 5) is 0. The third-order valence-electron chi connectivity index (χ3n) is 19.3. The molecule has 0 atom stereocenters. The van der Waals surface area contributed by atoms with Crippen LogP contribution in [0, 0.1) is 47.4 Å². The van der Waals surface area contributed by atoms with Crippen LogP contribution in [0.25, 0.3) is 43.1 Å². The van der Waals surface area contributed by atoms with Crippen LogP contribution in [0.3, 0.4) is 0 Å². The number of rotatable bonds is 20. The van der Waals surface area contributed by atoms with Crippen LogP contribution in [0.4, 0.5) is 0 Å². The van der Waals surface area contributed by atoms with Gasteiger partial charge in [0.2, 0.25) is 33.3 Å². The molecule has 0 aliphatic carbocycles. The van der Waals surface area contributed by atoms with Gasteiger partial charge in [0.15, 0.2) is 0 Å². The Morgan fingerprint density at radius 1 is 0.259 bits per heavy atom. The second-order valence-electron chi connectivity index (χ2n) is 29.2. The summed E-state index contributed by atoms with van der Waals surface area (Å²) in [5.41, 5.74) is 13.7. The number of fused-ring (bicyclic) bond motifs is 4. The molecular weight excluding hydrogens is 1520 g/mol. The van der Waals surface area contributed by atoms with E-state index in [9.17, 15) is 0 Å². The molecule has 13 rings (SSSR count). The molecule has 1 saturated heterocycles. The molecule has 0 bridgehead atoms. The minimum absolute atomic E-state index is 0.538. The molecule has 560 valence electrons. The minimum atomic E-state index is -4.95. The van der Waals surface area contributed by atoms with E-state index >= 15 is 0 Å². The molecule has 0 spiro atoms. The second kappa shape index (κ2) is 33.1. The van der Waals surface area contributed by atoms with Crippen LogP contribution in [0.15, 0.2) is 292 Å². The normalized spacial score (nSPS) is 17.8. The Morgan fingerprint density at radius 3 is 0.634 bits per heavy atom. The van der Waals surface area contributed by atoms with Crippen molar-refractivity contribution in [3.63, 3.8) is 0 Å². The lowest BCUT2D eigenvalue weighted by Crippen LogP contribution is -2.85. The molecule has 0 amide bonds. The highest BCUT2D eigenvalue weighted by atomic mass is 28.6. The van der Waals surface area contributed by atoms with E-state index < -0.39 is 68.5 Å². The van der Waals surface area contributed by atoms with Crippen molar-refractivity contribution in [3.05, 3.63) is 336 Å². The molecule has 1 heterocycles. The highest BCUT2D eigenvalue weighted by molar-refractivity contribution is 7.07. The van der Waals surface area contributed by atoms with Gasteiger partial charge >= 0.3 is 35.2 Å². The van der Waals surface area contributed by atoms with Gasteiger partial charge in [-0.05, 0) is 241 Å². The summed E-state index contributed by atoms with van der Waals surface area (Å²) >= 11 is 0. The van der Waals surface area contributed by atoms with Gasteiger partial charge in [0.1, 0.15) is 23.0 Å². The zero-order chi connectivity index (χ0) is 79.1. The minimum Gasteiger partial charge on any atom is -0.497 e. The Labute approximate surface area is 666 Å². The lowest BCUT2D eigenvalue weighted by molar-refractivity contribution is 0.105. The maximum absolute atomic E-state index is 8.58. The van der Waals surface area contributed by atoms with Crippen LogP contribution in [0.2, 0.25) is 52.4 Å². The molecular formula is C92H88O12Si8. The van der Waals surface area contributed by atoms with Gasteiger partial charge in [0.25, 0.3) is 0 Å². The van der Waals surface area contributed by atoms with Crippen LogP contribution >= 0.6 is 0 Å². The molecule has 1 fully saturated rings. The first-order valence-corrected chi connectivity index (χ1v) is 55.6. The molecule has 1 aliphatic heterocycles. The molecule has 12 aromatic rings. The van der Waals surface area contributed by atoms with Crippen molar-refractivity contribution in [3.8, 4) is 70.4 Å². The van der Waals surface area contributed by atoms with E-state index in [1.165, 1.54) is 0 Å². The molecule has 112 heavy (non-hydrogen) atoms. The highest BCUT2D eigenvalue weighted by Gasteiger charge is 2.73. The Kier molecular flexibility index (Phi) is 23.5. The van der Waals surface area contributed by atoms with Crippen LogP contribution in [0.5, 0.6) is 23.0 Å². The van der Waals surface area contributed by atoms with E-state index in [-0.39, 0.29) is 0 Å². The standard InChI is InChI=1S/C92H88O12Si8/c1-17-105(9,10)97-109(85-53-37-69(38-54-85)33-45-73-25-21-29-77-65-81(93-5)49-61-89(73)77)101-110(98-106(11,12)18-2,86-55-39-70(40-56-86)34-46-74-26-22-30-78-66-82(94-6)50-62-90(74)78)103-112(100-108(15,16)20-4,88-59-43-72(44-60-88)36-48-76-28-24-32-80-68-84(96-8)52-64-92(76)80)104-111(102-109,99-107(13,14)19-3)87-57-41-71(42-58-87)35-47-75-27-23-31-79-67-83(95-7)51-63-91(75)79/h17-32,37-44,49-68H,1-4H2,5-16H3. The fourth-order valence-electron chi connectivity index (χ4n) is 12.8. The summed E-state index contributed by atoms with van der Waals surface area (Å²) in [5.74, 6) is 30.9. The van der Waals surface area contributed by atoms with Gasteiger partial charge in [-0.3, -0.25) is 0 Å². The van der Waals surface area contributed by atoms with Crippen molar-refractivity contribution in [2.24, 2.45) is 0 Å². The first kappa shape index (κ1) is 79.6. The Bertz CT molecular complexity index is 5150. The molecule has 0 aromatic heterocycles. The van der Waals surface area contributed by atoms with E-state index in [1.54, 1.807) is 28.4 Å². The largest absolute Gasteiger partial charge is 0.512 e. The van der Waals surface area contributed by atoms with Crippen molar-refractivity contribution < 1.29 is 51.9 Å². The number of benzene rings is 12. The van der Waals surface area contributed by atoms with Gasteiger partial charge in [-0.2, -0.15) is 0 Å². The smallest absolute Gasteiger partial charge is 0.497 e. The van der Waals surface area contributed by atoms with E-state index in [2.05, 4.69) is 150 Å². The first-order chi connectivity index (χ1) is 53.8. The number of hydrogen-bond donors (Lipinski definition) is 0. The van der Waals surface area contributed by atoms with Gasteiger partial charge in [-0.15, -0.1) is 26.3 Å². The van der Waals surface area contributed by atoms with Gasteiger partial charge in [0.05, 0.1) is 28.4 Å². The molecule has 0 unspecified atom stereocenters. The Morgan fingerprint density at radius 2 is 0.455 bits per heavy atom. The fraction of sp³-hybridized carbons (Fsp3) is 0.130. The summed E-state index contributed by atoms with van der Waals surface area (Å²) in [6, 6.07) is 79.7.